The van der Waals surface area contributed by atoms with Gasteiger partial charge in [-0.2, -0.15) is 5.10 Å². The fourth-order valence-electron chi connectivity index (χ4n) is 4.71. The Morgan fingerprint density at radius 2 is 2.00 bits per heavy atom. The van der Waals surface area contributed by atoms with Gasteiger partial charge in [-0.25, -0.2) is 0 Å². The molecule has 13 heteroatoms. The molecule has 1 amide bonds. The number of nitrogens with zero attached hydrogens (tertiary/aromatic N) is 3. The highest BCUT2D eigenvalue weighted by Gasteiger charge is 2.28. The summed E-state index contributed by atoms with van der Waals surface area (Å²) in [6.45, 7) is 4.12. The molecule has 6 N–H and O–H groups in total. The number of rotatable bonds is 13. The minimum atomic E-state index is -2.95. The molecule has 41 heavy (non-hydrogen) atoms. The van der Waals surface area contributed by atoms with Gasteiger partial charge in [0.05, 0.1) is 37.2 Å². The largest absolute Gasteiger partial charge is 0.497 e. The van der Waals surface area contributed by atoms with E-state index in [2.05, 4.69) is 21.0 Å². The number of halogens is 1. The summed E-state index contributed by atoms with van der Waals surface area (Å²) < 4.78 is 29.9. The van der Waals surface area contributed by atoms with Gasteiger partial charge in [0, 0.05) is 49.8 Å². The molecule has 0 spiro atoms. The van der Waals surface area contributed by atoms with Crippen molar-refractivity contribution in [3.05, 3.63) is 72.1 Å². The first-order chi connectivity index (χ1) is 19.3. The normalized spacial score (nSPS) is 16.7. The van der Waals surface area contributed by atoms with E-state index in [1.54, 1.807) is 46.7 Å². The minimum Gasteiger partial charge on any atom is -0.497 e. The van der Waals surface area contributed by atoms with Crippen molar-refractivity contribution in [3.63, 3.8) is 0 Å². The molecule has 2 aromatic carbocycles. The van der Waals surface area contributed by atoms with E-state index in [9.17, 15) is 19.0 Å². The van der Waals surface area contributed by atoms with Gasteiger partial charge in [0.2, 0.25) is 0 Å². The van der Waals surface area contributed by atoms with Crippen LogP contribution in [0.25, 0.3) is 0 Å². The number of aromatic nitrogens is 2. The highest BCUT2D eigenvalue weighted by Crippen LogP contribution is 2.50. The van der Waals surface area contributed by atoms with E-state index in [0.29, 0.717) is 42.3 Å². The van der Waals surface area contributed by atoms with Crippen LogP contribution in [0.5, 0.6) is 5.75 Å². The molecule has 1 aliphatic heterocycles. The number of nitrogens with one attached hydrogen (secondary N) is 3. The molecule has 2 heterocycles. The fourth-order valence-corrected chi connectivity index (χ4v) is 6.39. The molecule has 1 aromatic heterocycles. The van der Waals surface area contributed by atoms with E-state index in [4.69, 9.17) is 4.74 Å². The van der Waals surface area contributed by atoms with Gasteiger partial charge in [-0.05, 0) is 61.7 Å². The molecule has 4 rings (SSSR count). The van der Waals surface area contributed by atoms with Gasteiger partial charge in [0.15, 0.2) is 0 Å². The maximum Gasteiger partial charge on any atom is 0.251 e. The Labute approximate surface area is 249 Å². The molecule has 1 saturated heterocycles. The second-order valence-electron chi connectivity index (χ2n) is 9.80. The van der Waals surface area contributed by atoms with Crippen molar-refractivity contribution in [3.8, 4) is 5.75 Å². The molecular weight excluding hydrogens is 568 g/mol. The fraction of sp³-hybridized carbons (Fsp3) is 0.429. The van der Waals surface area contributed by atoms with Crippen LogP contribution in [-0.2, 0) is 13.1 Å². The number of carbonyl (C=O) groups excluding carboxylic acids is 1. The highest BCUT2D eigenvalue weighted by molar-refractivity contribution is 8.25. The molecule has 11 nitrogen and oxygen atoms in total. The smallest absolute Gasteiger partial charge is 0.251 e. The van der Waals surface area contributed by atoms with E-state index >= 15 is 0 Å². The summed E-state index contributed by atoms with van der Waals surface area (Å²) in [5.74, 6) is 0.688. The Bertz CT molecular complexity index is 1250. The van der Waals surface area contributed by atoms with Gasteiger partial charge in [-0.1, -0.05) is 12.1 Å². The lowest BCUT2D eigenvalue weighted by Gasteiger charge is -2.47. The molecule has 3 aromatic rings. The van der Waals surface area contributed by atoms with Crippen molar-refractivity contribution in [1.82, 2.24) is 20.4 Å². The van der Waals surface area contributed by atoms with E-state index < -0.39 is 22.9 Å². The summed E-state index contributed by atoms with van der Waals surface area (Å²) in [6, 6.07) is 14.1. The molecule has 0 radical (unpaired) electrons. The number of aliphatic hydroxyl groups is 1. The van der Waals surface area contributed by atoms with Gasteiger partial charge >= 0.3 is 0 Å². The first kappa shape index (κ1) is 32.5. The predicted octanol–water partition coefficient (Wildman–Crippen LogP) is 3.96. The van der Waals surface area contributed by atoms with Crippen molar-refractivity contribution in [2.45, 2.75) is 45.0 Å². The second kappa shape index (κ2) is 15.3. The first-order valence-corrected chi connectivity index (χ1v) is 15.2. The molecule has 0 bridgehead atoms. The van der Waals surface area contributed by atoms with Crippen LogP contribution >= 0.6 is 23.2 Å². The van der Waals surface area contributed by atoms with Crippen LogP contribution in [0.15, 0.2) is 60.9 Å². The topological polar surface area (TPSA) is 144 Å². The average molecular weight is 609 g/mol. The summed E-state index contributed by atoms with van der Waals surface area (Å²) in [4.78, 5) is 13.6. The Hall–Kier alpha value is -3.00. The van der Waals surface area contributed by atoms with E-state index in [1.165, 1.54) is 0 Å². The van der Waals surface area contributed by atoms with Crippen molar-refractivity contribution in [2.24, 2.45) is 0 Å². The Balaban J connectivity index is 0.00000462. The summed E-state index contributed by atoms with van der Waals surface area (Å²) in [6.07, 6.45) is 4.10. The number of methoxy groups -OCH3 is 1. The van der Waals surface area contributed by atoms with Crippen molar-refractivity contribution in [2.75, 3.05) is 42.1 Å². The lowest BCUT2D eigenvalue weighted by Crippen LogP contribution is -2.49. The standard InChI is InChI=1S/C28H40N6O5S.ClH/c1-3-30-23-15-22(16-24(17-23)34-12-4-5-13-40(34,37)38)28(36)32-26(20-33-11-7-10-31-33)27(35)19-29-18-21-8-6-9-25(14-21)39-2;/h6-11,14-17,26-27,29-30,35,37-38H,3-5,12-13,18-20H2,1-2H3,(H,32,36);1H/t26-,27-;/m0./s1. The second-order valence-corrected chi connectivity index (χ2v) is 11.9. The molecule has 1 aliphatic rings. The number of benzene rings is 2. The minimum absolute atomic E-state index is 0. The van der Waals surface area contributed by atoms with Crippen LogP contribution in [-0.4, -0.2) is 74.5 Å². The molecule has 0 aliphatic carbocycles. The van der Waals surface area contributed by atoms with Crippen LogP contribution in [0.3, 0.4) is 0 Å². The van der Waals surface area contributed by atoms with Gasteiger partial charge in [0.25, 0.3) is 5.91 Å². The third kappa shape index (κ3) is 8.99. The number of hydrogen-bond acceptors (Lipinski definition) is 9. The number of carbonyl (C=O) groups is 1. The summed E-state index contributed by atoms with van der Waals surface area (Å²) in [5, 5.41) is 24.8. The SMILES string of the molecule is CCNc1cc(C(=O)N[C@@H](Cn2cccn2)[C@@H](O)CNCc2cccc(OC)c2)cc(N2CCCCS2(O)O)c1.Cl. The van der Waals surface area contributed by atoms with E-state index in [1.807, 2.05) is 37.3 Å². The van der Waals surface area contributed by atoms with Crippen LogP contribution in [0, 0.1) is 0 Å². The third-order valence-electron chi connectivity index (χ3n) is 6.77. The van der Waals surface area contributed by atoms with Gasteiger partial charge < -0.3 is 25.8 Å². The van der Waals surface area contributed by atoms with Crippen molar-refractivity contribution < 1.29 is 23.7 Å². The maximum atomic E-state index is 13.6. The van der Waals surface area contributed by atoms with E-state index in [0.717, 1.165) is 24.2 Å². The highest BCUT2D eigenvalue weighted by atomic mass is 35.5. The van der Waals surface area contributed by atoms with Gasteiger partial charge in [0.1, 0.15) is 5.75 Å². The first-order valence-electron chi connectivity index (χ1n) is 13.5. The zero-order valence-electron chi connectivity index (χ0n) is 23.4. The number of ether oxygens (including phenoxy) is 1. The van der Waals surface area contributed by atoms with Gasteiger partial charge in [-0.15, -0.1) is 23.2 Å². The van der Waals surface area contributed by atoms with Crippen LogP contribution < -0.4 is 25.0 Å². The number of aliphatic hydroxyl groups excluding tert-OH is 1. The lowest BCUT2D eigenvalue weighted by atomic mass is 10.1. The molecule has 0 saturated carbocycles. The number of hydrogen-bond donors (Lipinski definition) is 6. The zero-order valence-corrected chi connectivity index (χ0v) is 25.0. The molecular formula is C28H41ClN6O5S. The molecule has 1 fully saturated rings. The van der Waals surface area contributed by atoms with Crippen LogP contribution in [0.2, 0.25) is 0 Å². The third-order valence-corrected chi connectivity index (χ3v) is 8.71. The monoisotopic (exact) mass is 608 g/mol. The Morgan fingerprint density at radius 3 is 2.71 bits per heavy atom. The van der Waals surface area contributed by atoms with Crippen molar-refractivity contribution >= 4 is 40.5 Å². The zero-order chi connectivity index (χ0) is 28.5. The van der Waals surface area contributed by atoms with Crippen LogP contribution in [0.1, 0.15) is 35.7 Å². The molecule has 0 unspecified atom stereocenters. The van der Waals surface area contributed by atoms with Crippen LogP contribution in [0.4, 0.5) is 11.4 Å². The number of anilines is 2. The summed E-state index contributed by atoms with van der Waals surface area (Å²) >= 11 is 0. The van der Waals surface area contributed by atoms with E-state index in [-0.39, 0.29) is 31.4 Å². The molecule has 2 atom stereocenters. The van der Waals surface area contributed by atoms with Gasteiger partial charge in [-0.3, -0.25) is 22.9 Å². The molecule has 226 valence electrons. The number of amides is 1. The quantitative estimate of drug-likeness (QED) is 0.170. The Morgan fingerprint density at radius 1 is 1.17 bits per heavy atom. The average Bonchev–Trinajstić information content (AvgIpc) is 3.45. The lowest BCUT2D eigenvalue weighted by molar-refractivity contribution is 0.0800. The Kier molecular flexibility index (Phi) is 12.1. The predicted molar refractivity (Wildman–Crippen MR) is 166 cm³/mol. The summed E-state index contributed by atoms with van der Waals surface area (Å²) in [7, 11) is -1.33. The van der Waals surface area contributed by atoms with Crippen molar-refractivity contribution in [1.29, 1.82) is 0 Å². The maximum absolute atomic E-state index is 13.6. The summed E-state index contributed by atoms with van der Waals surface area (Å²) in [5.41, 5.74) is 2.65.